The normalized spacial score (nSPS) is 18.1. The highest BCUT2D eigenvalue weighted by atomic mass is 16.5. The number of aromatic nitrogens is 6. The van der Waals surface area contributed by atoms with E-state index >= 15 is 0 Å². The summed E-state index contributed by atoms with van der Waals surface area (Å²) in [5.74, 6) is 2.19. The van der Waals surface area contributed by atoms with Crippen molar-refractivity contribution < 1.29 is 9.53 Å². The number of aryl methyl sites for hydroxylation is 1. The average molecular weight is 379 g/mol. The first kappa shape index (κ1) is 16.9. The quantitative estimate of drug-likeness (QED) is 0.731. The van der Waals surface area contributed by atoms with Gasteiger partial charge in [0, 0.05) is 18.7 Å². The zero-order chi connectivity index (χ0) is 19.3. The van der Waals surface area contributed by atoms with Crippen LogP contribution in [0.1, 0.15) is 54.5 Å². The average Bonchev–Trinajstić information content (AvgIpc) is 3.15. The van der Waals surface area contributed by atoms with Crippen LogP contribution in [0.15, 0.2) is 24.4 Å². The third-order valence-electron chi connectivity index (χ3n) is 5.27. The van der Waals surface area contributed by atoms with Crippen molar-refractivity contribution in [2.45, 2.75) is 44.7 Å². The Balaban J connectivity index is 1.41. The SMILES string of the molecule is COc1nn(C2CC2)cc1C(=O)Nc1cccc(-c2nnc3n2[C@H](C)CC3)n1. The molecule has 3 aromatic rings. The fraction of sp³-hybridized carbons (Fsp3) is 0.421. The van der Waals surface area contributed by atoms with E-state index in [1.807, 2.05) is 12.1 Å². The second-order valence-corrected chi connectivity index (χ2v) is 7.32. The van der Waals surface area contributed by atoms with Gasteiger partial charge in [0.1, 0.15) is 22.9 Å². The number of fused-ring (bicyclic) bond motifs is 1. The van der Waals surface area contributed by atoms with Crippen LogP contribution in [0.5, 0.6) is 5.88 Å². The maximum absolute atomic E-state index is 12.8. The molecule has 1 saturated carbocycles. The minimum atomic E-state index is -0.298. The van der Waals surface area contributed by atoms with E-state index in [9.17, 15) is 4.79 Å². The van der Waals surface area contributed by atoms with E-state index in [4.69, 9.17) is 4.74 Å². The molecule has 3 aromatic heterocycles. The van der Waals surface area contributed by atoms with Crippen LogP contribution in [0, 0.1) is 0 Å². The van der Waals surface area contributed by atoms with Crippen molar-refractivity contribution in [2.75, 3.05) is 12.4 Å². The van der Waals surface area contributed by atoms with Crippen LogP contribution >= 0.6 is 0 Å². The molecule has 0 radical (unpaired) electrons. The number of carbonyl (C=O) groups is 1. The Morgan fingerprint density at radius 3 is 2.89 bits per heavy atom. The summed E-state index contributed by atoms with van der Waals surface area (Å²) in [4.78, 5) is 17.3. The number of nitrogens with zero attached hydrogens (tertiary/aromatic N) is 6. The molecule has 144 valence electrons. The van der Waals surface area contributed by atoms with Crippen LogP contribution in [0.2, 0.25) is 0 Å². The highest BCUT2D eigenvalue weighted by Gasteiger charge is 2.28. The molecule has 1 amide bonds. The summed E-state index contributed by atoms with van der Waals surface area (Å²) in [5, 5.41) is 15.8. The van der Waals surface area contributed by atoms with Crippen molar-refractivity contribution in [2.24, 2.45) is 0 Å². The molecule has 9 heteroatoms. The number of methoxy groups -OCH3 is 1. The van der Waals surface area contributed by atoms with E-state index in [0.29, 0.717) is 35.0 Å². The monoisotopic (exact) mass is 379 g/mol. The molecule has 0 saturated heterocycles. The molecule has 2 aliphatic rings. The summed E-state index contributed by atoms with van der Waals surface area (Å²) < 4.78 is 9.20. The van der Waals surface area contributed by atoms with Crippen LogP contribution in [-0.4, -0.2) is 42.5 Å². The highest BCUT2D eigenvalue weighted by Crippen LogP contribution is 2.36. The first-order valence-electron chi connectivity index (χ1n) is 9.49. The smallest absolute Gasteiger partial charge is 0.263 e. The Hall–Kier alpha value is -3.23. The van der Waals surface area contributed by atoms with Crippen LogP contribution < -0.4 is 10.1 Å². The summed E-state index contributed by atoms with van der Waals surface area (Å²) in [6, 6.07) is 6.20. The van der Waals surface area contributed by atoms with E-state index in [2.05, 4.69) is 37.1 Å². The lowest BCUT2D eigenvalue weighted by Gasteiger charge is -2.10. The molecular formula is C19H21N7O2. The molecule has 1 atom stereocenters. The zero-order valence-corrected chi connectivity index (χ0v) is 15.8. The lowest BCUT2D eigenvalue weighted by atomic mass is 10.2. The first-order valence-corrected chi connectivity index (χ1v) is 9.49. The number of rotatable bonds is 5. The maximum Gasteiger partial charge on any atom is 0.263 e. The van der Waals surface area contributed by atoms with Crippen molar-refractivity contribution in [1.82, 2.24) is 29.5 Å². The van der Waals surface area contributed by atoms with Gasteiger partial charge in [0.15, 0.2) is 5.82 Å². The maximum atomic E-state index is 12.8. The number of hydrogen-bond donors (Lipinski definition) is 1. The second-order valence-electron chi connectivity index (χ2n) is 7.32. The number of amides is 1. The Kier molecular flexibility index (Phi) is 3.88. The number of anilines is 1. The molecule has 4 heterocycles. The van der Waals surface area contributed by atoms with E-state index < -0.39 is 0 Å². The Labute approximate surface area is 161 Å². The Morgan fingerprint density at radius 1 is 1.25 bits per heavy atom. The van der Waals surface area contributed by atoms with E-state index in [1.165, 1.54) is 7.11 Å². The van der Waals surface area contributed by atoms with Crippen molar-refractivity contribution >= 4 is 11.7 Å². The first-order chi connectivity index (χ1) is 13.6. The summed E-state index contributed by atoms with van der Waals surface area (Å²) >= 11 is 0. The van der Waals surface area contributed by atoms with Crippen molar-refractivity contribution in [3.05, 3.63) is 35.8 Å². The molecule has 5 rings (SSSR count). The van der Waals surface area contributed by atoms with Gasteiger partial charge in [-0.05, 0) is 38.3 Å². The number of ether oxygens (including phenoxy) is 1. The Morgan fingerprint density at radius 2 is 2.11 bits per heavy atom. The summed E-state index contributed by atoms with van der Waals surface area (Å²) in [7, 11) is 1.52. The van der Waals surface area contributed by atoms with Gasteiger partial charge < -0.3 is 14.6 Å². The van der Waals surface area contributed by atoms with Crippen LogP contribution in [0.4, 0.5) is 5.82 Å². The summed E-state index contributed by atoms with van der Waals surface area (Å²) in [6.07, 6.45) is 5.88. The van der Waals surface area contributed by atoms with Gasteiger partial charge in [0.05, 0.1) is 13.2 Å². The fourth-order valence-corrected chi connectivity index (χ4v) is 3.62. The molecule has 28 heavy (non-hydrogen) atoms. The zero-order valence-electron chi connectivity index (χ0n) is 15.8. The van der Waals surface area contributed by atoms with Gasteiger partial charge in [0.2, 0.25) is 5.88 Å². The van der Waals surface area contributed by atoms with Gasteiger partial charge in [-0.15, -0.1) is 15.3 Å². The van der Waals surface area contributed by atoms with Gasteiger partial charge >= 0.3 is 0 Å². The second kappa shape index (κ2) is 6.43. The molecule has 0 aromatic carbocycles. The molecule has 1 aliphatic carbocycles. The summed E-state index contributed by atoms with van der Waals surface area (Å²) in [5.41, 5.74) is 1.09. The highest BCUT2D eigenvalue weighted by molar-refractivity contribution is 6.05. The fourth-order valence-electron chi connectivity index (χ4n) is 3.62. The predicted octanol–water partition coefficient (Wildman–Crippen LogP) is 2.64. The van der Waals surface area contributed by atoms with Gasteiger partial charge in [-0.3, -0.25) is 9.48 Å². The van der Waals surface area contributed by atoms with Crippen molar-refractivity contribution in [3.8, 4) is 17.4 Å². The number of hydrogen-bond acceptors (Lipinski definition) is 6. The molecule has 1 fully saturated rings. The molecule has 1 aliphatic heterocycles. The third-order valence-corrected chi connectivity index (χ3v) is 5.27. The van der Waals surface area contributed by atoms with Crippen LogP contribution in [-0.2, 0) is 6.42 Å². The largest absolute Gasteiger partial charge is 0.479 e. The van der Waals surface area contributed by atoms with Gasteiger partial charge in [-0.2, -0.15) is 0 Å². The van der Waals surface area contributed by atoms with Crippen molar-refractivity contribution in [1.29, 1.82) is 0 Å². The van der Waals surface area contributed by atoms with Gasteiger partial charge in [-0.25, -0.2) is 4.98 Å². The van der Waals surface area contributed by atoms with Crippen LogP contribution in [0.3, 0.4) is 0 Å². The number of nitrogens with one attached hydrogen (secondary N) is 1. The third kappa shape index (κ3) is 2.83. The summed E-state index contributed by atoms with van der Waals surface area (Å²) in [6.45, 7) is 2.15. The molecule has 0 bridgehead atoms. The predicted molar refractivity (Wildman–Crippen MR) is 101 cm³/mol. The minimum Gasteiger partial charge on any atom is -0.479 e. The van der Waals surface area contributed by atoms with Crippen molar-refractivity contribution in [3.63, 3.8) is 0 Å². The number of pyridine rings is 1. The molecule has 9 nitrogen and oxygen atoms in total. The van der Waals surface area contributed by atoms with Gasteiger partial charge in [0.25, 0.3) is 5.91 Å². The Bertz CT molecular complexity index is 1050. The lowest BCUT2D eigenvalue weighted by molar-refractivity contribution is 0.102. The molecule has 1 N–H and O–H groups in total. The minimum absolute atomic E-state index is 0.298. The lowest BCUT2D eigenvalue weighted by Crippen LogP contribution is -2.14. The van der Waals surface area contributed by atoms with E-state index in [1.54, 1.807) is 16.9 Å². The van der Waals surface area contributed by atoms with Gasteiger partial charge in [-0.1, -0.05) is 6.07 Å². The number of carbonyl (C=O) groups excluding carboxylic acids is 1. The standard InChI is InChI=1S/C19H21N7O2/c1-11-6-9-16-22-23-17(26(11)16)14-4-3-5-15(20-14)21-18(27)13-10-25(12-7-8-12)24-19(13)28-2/h3-5,10-12H,6-9H2,1-2H3,(H,20,21,27)/t11-/m1/s1. The molecular weight excluding hydrogens is 358 g/mol. The molecule has 0 unspecified atom stereocenters. The van der Waals surface area contributed by atoms with Crippen LogP contribution in [0.25, 0.3) is 11.5 Å². The topological polar surface area (TPSA) is 99.8 Å². The van der Waals surface area contributed by atoms with E-state index in [-0.39, 0.29) is 5.91 Å². The van der Waals surface area contributed by atoms with E-state index in [0.717, 1.165) is 37.3 Å². The molecule has 0 spiro atoms.